The van der Waals surface area contributed by atoms with Crippen molar-refractivity contribution >= 4 is 0 Å². The Labute approximate surface area is 88.2 Å². The highest BCUT2D eigenvalue weighted by Gasteiger charge is 2.20. The van der Waals surface area contributed by atoms with Gasteiger partial charge in [-0.3, -0.25) is 0 Å². The molecule has 82 valence electrons. The fourth-order valence-corrected chi connectivity index (χ4v) is 1.72. The number of ether oxygens (including phenoxy) is 2. The summed E-state index contributed by atoms with van der Waals surface area (Å²) in [7, 11) is 1.47. The quantitative estimate of drug-likeness (QED) is 0.804. The molecule has 0 bridgehead atoms. The largest absolute Gasteiger partial charge is 0.494 e. The first-order valence-electron chi connectivity index (χ1n) is 4.96. The maximum Gasteiger partial charge on any atom is 0.169 e. The highest BCUT2D eigenvalue weighted by molar-refractivity contribution is 5.33. The minimum atomic E-state index is -0.303. The van der Waals surface area contributed by atoms with Gasteiger partial charge in [-0.1, -0.05) is 12.1 Å². The summed E-state index contributed by atoms with van der Waals surface area (Å²) >= 11 is 0. The number of nitrogens with one attached hydrogen (secondary N) is 1. The molecule has 1 fully saturated rings. The number of morpholine rings is 1. The molecule has 0 aliphatic carbocycles. The third-order valence-corrected chi connectivity index (χ3v) is 2.51. The monoisotopic (exact) mass is 211 g/mol. The van der Waals surface area contributed by atoms with Gasteiger partial charge in [0.05, 0.1) is 26.4 Å². The molecule has 1 aliphatic rings. The Kier molecular flexibility index (Phi) is 3.18. The zero-order valence-electron chi connectivity index (χ0n) is 8.63. The van der Waals surface area contributed by atoms with Gasteiger partial charge >= 0.3 is 0 Å². The van der Waals surface area contributed by atoms with Gasteiger partial charge in [0.1, 0.15) is 0 Å². The van der Waals surface area contributed by atoms with E-state index in [1.807, 2.05) is 0 Å². The van der Waals surface area contributed by atoms with E-state index in [0.29, 0.717) is 18.8 Å². The van der Waals surface area contributed by atoms with Crippen molar-refractivity contribution in [1.82, 2.24) is 5.32 Å². The molecule has 1 aromatic carbocycles. The molecule has 0 radical (unpaired) electrons. The second-order valence-electron chi connectivity index (χ2n) is 3.45. The predicted molar refractivity (Wildman–Crippen MR) is 54.5 cm³/mol. The summed E-state index contributed by atoms with van der Waals surface area (Å²) < 4.78 is 24.1. The summed E-state index contributed by atoms with van der Waals surface area (Å²) in [5.74, 6) is -0.0251. The Morgan fingerprint density at radius 3 is 3.07 bits per heavy atom. The maximum atomic E-state index is 13.8. The molecule has 2 rings (SSSR count). The van der Waals surface area contributed by atoms with Crippen LogP contribution >= 0.6 is 0 Å². The van der Waals surface area contributed by atoms with Crippen LogP contribution < -0.4 is 10.1 Å². The summed E-state index contributed by atoms with van der Waals surface area (Å²) in [6.07, 6.45) is 0. The van der Waals surface area contributed by atoms with E-state index in [9.17, 15) is 4.39 Å². The van der Waals surface area contributed by atoms with E-state index in [1.165, 1.54) is 7.11 Å². The molecule has 0 spiro atoms. The van der Waals surface area contributed by atoms with Gasteiger partial charge in [-0.25, -0.2) is 4.39 Å². The van der Waals surface area contributed by atoms with Crippen molar-refractivity contribution in [3.8, 4) is 5.75 Å². The minimum Gasteiger partial charge on any atom is -0.494 e. The Bertz CT molecular complexity index is 337. The van der Waals surface area contributed by atoms with E-state index in [4.69, 9.17) is 9.47 Å². The smallest absolute Gasteiger partial charge is 0.169 e. The molecular weight excluding hydrogens is 197 g/mol. The fourth-order valence-electron chi connectivity index (χ4n) is 1.72. The average molecular weight is 211 g/mol. The minimum absolute atomic E-state index is 0.0751. The van der Waals surface area contributed by atoms with Crippen LogP contribution in [-0.2, 0) is 4.74 Å². The SMILES string of the molecule is COc1cccc([C@@H]2COCCN2)c1F. The molecule has 0 saturated carbocycles. The molecule has 0 amide bonds. The predicted octanol–water partition coefficient (Wildman–Crippen LogP) is 1.50. The van der Waals surface area contributed by atoms with Crippen LogP contribution in [0.5, 0.6) is 5.75 Å². The summed E-state index contributed by atoms with van der Waals surface area (Å²) in [6, 6.07) is 5.08. The summed E-state index contributed by atoms with van der Waals surface area (Å²) in [4.78, 5) is 0. The third-order valence-electron chi connectivity index (χ3n) is 2.51. The van der Waals surface area contributed by atoms with E-state index in [2.05, 4.69) is 5.32 Å². The zero-order chi connectivity index (χ0) is 10.7. The van der Waals surface area contributed by atoms with E-state index in [-0.39, 0.29) is 17.6 Å². The van der Waals surface area contributed by atoms with E-state index < -0.39 is 0 Å². The number of benzene rings is 1. The molecule has 0 unspecified atom stereocenters. The Hall–Kier alpha value is -1.13. The summed E-state index contributed by atoms with van der Waals surface area (Å²) in [6.45, 7) is 1.94. The molecule has 1 aliphatic heterocycles. The number of methoxy groups -OCH3 is 1. The Balaban J connectivity index is 2.26. The molecule has 1 N–H and O–H groups in total. The zero-order valence-corrected chi connectivity index (χ0v) is 8.63. The number of hydrogen-bond donors (Lipinski definition) is 1. The van der Waals surface area contributed by atoms with Crippen LogP contribution in [-0.4, -0.2) is 26.9 Å². The van der Waals surface area contributed by atoms with Gasteiger partial charge in [-0.15, -0.1) is 0 Å². The number of hydrogen-bond acceptors (Lipinski definition) is 3. The van der Waals surface area contributed by atoms with Gasteiger partial charge in [-0.05, 0) is 6.07 Å². The van der Waals surface area contributed by atoms with Crippen LogP contribution in [0.25, 0.3) is 0 Å². The molecule has 15 heavy (non-hydrogen) atoms. The summed E-state index contributed by atoms with van der Waals surface area (Å²) in [5.41, 5.74) is 0.606. The maximum absolute atomic E-state index is 13.8. The van der Waals surface area contributed by atoms with Crippen molar-refractivity contribution in [1.29, 1.82) is 0 Å². The van der Waals surface area contributed by atoms with E-state index >= 15 is 0 Å². The normalized spacial score (nSPS) is 21.3. The van der Waals surface area contributed by atoms with Crippen LogP contribution in [0.1, 0.15) is 11.6 Å². The number of rotatable bonds is 2. The second-order valence-corrected chi connectivity index (χ2v) is 3.45. The molecule has 0 aromatic heterocycles. The lowest BCUT2D eigenvalue weighted by Gasteiger charge is -2.24. The first-order chi connectivity index (χ1) is 7.33. The standard InChI is InChI=1S/C11H14FNO2/c1-14-10-4-2-3-8(11(10)12)9-7-15-6-5-13-9/h2-4,9,13H,5-7H2,1H3/t9-/m0/s1. The lowest BCUT2D eigenvalue weighted by molar-refractivity contribution is 0.0756. The molecule has 3 nitrogen and oxygen atoms in total. The average Bonchev–Trinajstić information content (AvgIpc) is 2.30. The van der Waals surface area contributed by atoms with Crippen molar-refractivity contribution in [2.24, 2.45) is 0 Å². The molecule has 1 atom stereocenters. The lowest BCUT2D eigenvalue weighted by Crippen LogP contribution is -2.35. The van der Waals surface area contributed by atoms with E-state index in [0.717, 1.165) is 6.54 Å². The van der Waals surface area contributed by atoms with Crippen molar-refractivity contribution in [2.75, 3.05) is 26.9 Å². The van der Waals surface area contributed by atoms with Crippen LogP contribution in [0.3, 0.4) is 0 Å². The van der Waals surface area contributed by atoms with Gasteiger partial charge in [0.2, 0.25) is 0 Å². The van der Waals surface area contributed by atoms with E-state index in [1.54, 1.807) is 18.2 Å². The van der Waals surface area contributed by atoms with Crippen LogP contribution in [0.15, 0.2) is 18.2 Å². The van der Waals surface area contributed by atoms with Crippen LogP contribution in [0.4, 0.5) is 4.39 Å². The molecular formula is C11H14FNO2. The Morgan fingerprint density at radius 2 is 2.40 bits per heavy atom. The van der Waals surface area contributed by atoms with Gasteiger partial charge in [-0.2, -0.15) is 0 Å². The van der Waals surface area contributed by atoms with Gasteiger partial charge in [0, 0.05) is 12.1 Å². The lowest BCUT2D eigenvalue weighted by atomic mass is 10.1. The first-order valence-corrected chi connectivity index (χ1v) is 4.96. The van der Waals surface area contributed by atoms with Crippen molar-refractivity contribution < 1.29 is 13.9 Å². The van der Waals surface area contributed by atoms with Crippen molar-refractivity contribution in [3.05, 3.63) is 29.6 Å². The third kappa shape index (κ3) is 2.11. The van der Waals surface area contributed by atoms with Crippen molar-refractivity contribution in [3.63, 3.8) is 0 Å². The second kappa shape index (κ2) is 4.59. The summed E-state index contributed by atoms with van der Waals surface area (Å²) in [5, 5.41) is 3.21. The highest BCUT2D eigenvalue weighted by Crippen LogP contribution is 2.25. The fraction of sp³-hybridized carbons (Fsp3) is 0.455. The van der Waals surface area contributed by atoms with Crippen LogP contribution in [0.2, 0.25) is 0 Å². The highest BCUT2D eigenvalue weighted by atomic mass is 19.1. The van der Waals surface area contributed by atoms with Crippen molar-refractivity contribution in [2.45, 2.75) is 6.04 Å². The topological polar surface area (TPSA) is 30.5 Å². The molecule has 1 saturated heterocycles. The first kappa shape index (κ1) is 10.4. The molecule has 4 heteroatoms. The molecule has 1 aromatic rings. The van der Waals surface area contributed by atoms with Crippen LogP contribution in [0, 0.1) is 5.82 Å². The Morgan fingerprint density at radius 1 is 1.53 bits per heavy atom. The van der Waals surface area contributed by atoms with Gasteiger partial charge in [0.15, 0.2) is 11.6 Å². The van der Waals surface area contributed by atoms with Gasteiger partial charge in [0.25, 0.3) is 0 Å². The number of halogens is 1. The molecule has 1 heterocycles. The van der Waals surface area contributed by atoms with Gasteiger partial charge < -0.3 is 14.8 Å².